The van der Waals surface area contributed by atoms with Gasteiger partial charge in [0.1, 0.15) is 11.9 Å². The molecule has 8 heteroatoms. The monoisotopic (exact) mass is 379 g/mol. The van der Waals surface area contributed by atoms with Crippen molar-refractivity contribution in [1.29, 1.82) is 0 Å². The van der Waals surface area contributed by atoms with Gasteiger partial charge in [-0.05, 0) is 37.0 Å². The summed E-state index contributed by atoms with van der Waals surface area (Å²) in [5, 5.41) is 14.4. The van der Waals surface area contributed by atoms with Gasteiger partial charge in [0, 0.05) is 19.6 Å². The molecular formula is C19H26FN3O4. The van der Waals surface area contributed by atoms with E-state index < -0.39 is 24.0 Å². The molecule has 3 amide bonds. The summed E-state index contributed by atoms with van der Waals surface area (Å²) in [6.45, 7) is 2.92. The molecule has 0 radical (unpaired) electrons. The summed E-state index contributed by atoms with van der Waals surface area (Å²) in [5.41, 5.74) is 0.751. The molecule has 27 heavy (non-hydrogen) atoms. The predicted octanol–water partition coefficient (Wildman–Crippen LogP) is 2.12. The Balaban J connectivity index is 1.86. The number of aliphatic carboxylic acids is 1. The second kappa shape index (κ2) is 9.89. The first-order valence-electron chi connectivity index (χ1n) is 9.21. The number of halogens is 1. The molecule has 1 aromatic rings. The Morgan fingerprint density at radius 1 is 1.22 bits per heavy atom. The molecule has 1 aromatic carbocycles. The number of nitrogens with one attached hydrogen (secondary N) is 2. The maximum Gasteiger partial charge on any atom is 0.315 e. The number of amides is 3. The lowest BCUT2D eigenvalue weighted by Gasteiger charge is -2.33. The van der Waals surface area contributed by atoms with Crippen LogP contribution in [0.2, 0.25) is 0 Å². The number of benzene rings is 1. The first-order valence-corrected chi connectivity index (χ1v) is 9.21. The summed E-state index contributed by atoms with van der Waals surface area (Å²) in [7, 11) is 0. The highest BCUT2D eigenvalue weighted by Crippen LogP contribution is 2.18. The van der Waals surface area contributed by atoms with Crippen molar-refractivity contribution in [3.63, 3.8) is 0 Å². The molecule has 1 atom stereocenters. The zero-order valence-corrected chi connectivity index (χ0v) is 15.4. The number of piperidine rings is 1. The van der Waals surface area contributed by atoms with E-state index in [4.69, 9.17) is 5.11 Å². The summed E-state index contributed by atoms with van der Waals surface area (Å²) < 4.78 is 12.9. The van der Waals surface area contributed by atoms with Gasteiger partial charge in [-0.2, -0.15) is 0 Å². The highest BCUT2D eigenvalue weighted by molar-refractivity contribution is 5.87. The first-order chi connectivity index (χ1) is 12.9. The highest BCUT2D eigenvalue weighted by atomic mass is 19.1. The minimum Gasteiger partial charge on any atom is -0.481 e. The van der Waals surface area contributed by atoms with Crippen molar-refractivity contribution in [2.75, 3.05) is 13.1 Å². The molecule has 148 valence electrons. The fraction of sp³-hybridized carbons (Fsp3) is 0.526. The minimum absolute atomic E-state index is 0.183. The van der Waals surface area contributed by atoms with E-state index in [9.17, 15) is 18.8 Å². The van der Waals surface area contributed by atoms with Crippen molar-refractivity contribution in [2.24, 2.45) is 5.92 Å². The molecule has 7 nitrogen and oxygen atoms in total. The lowest BCUT2D eigenvalue weighted by Crippen LogP contribution is -2.53. The number of hydrogen-bond donors (Lipinski definition) is 3. The van der Waals surface area contributed by atoms with Crippen molar-refractivity contribution < 1.29 is 23.9 Å². The van der Waals surface area contributed by atoms with Gasteiger partial charge in [0.05, 0.1) is 5.92 Å². The molecule has 0 bridgehead atoms. The SMILES string of the molecule is CCCC(NC(=O)NCc1ccc(F)cc1)C(=O)N1CCC(C(=O)O)CC1. The van der Waals surface area contributed by atoms with E-state index in [0.717, 1.165) is 12.0 Å². The van der Waals surface area contributed by atoms with Crippen LogP contribution in [-0.4, -0.2) is 47.0 Å². The van der Waals surface area contributed by atoms with E-state index in [-0.39, 0.29) is 18.3 Å². The second-order valence-electron chi connectivity index (χ2n) is 6.73. The van der Waals surface area contributed by atoms with Gasteiger partial charge in [-0.1, -0.05) is 25.5 Å². The lowest BCUT2D eigenvalue weighted by atomic mass is 9.96. The average molecular weight is 379 g/mol. The van der Waals surface area contributed by atoms with Crippen LogP contribution in [0.5, 0.6) is 0 Å². The molecule has 1 aliphatic rings. The number of likely N-dealkylation sites (tertiary alicyclic amines) is 1. The molecule has 1 heterocycles. The van der Waals surface area contributed by atoms with Gasteiger partial charge in [-0.25, -0.2) is 9.18 Å². The topological polar surface area (TPSA) is 98.7 Å². The van der Waals surface area contributed by atoms with Gasteiger partial charge in [0.15, 0.2) is 0 Å². The second-order valence-corrected chi connectivity index (χ2v) is 6.73. The standard InChI is InChI=1S/C19H26FN3O4/c1-2-3-16(17(24)23-10-8-14(9-11-23)18(25)26)22-19(27)21-12-13-4-6-15(20)7-5-13/h4-7,14,16H,2-3,8-12H2,1H3,(H,25,26)(H2,21,22,27). The summed E-state index contributed by atoms with van der Waals surface area (Å²) in [4.78, 5) is 37.5. The van der Waals surface area contributed by atoms with Crippen LogP contribution in [0, 0.1) is 11.7 Å². The molecule has 2 rings (SSSR count). The molecule has 0 spiro atoms. The number of carboxylic acids is 1. The van der Waals surface area contributed by atoms with E-state index in [2.05, 4.69) is 10.6 Å². The number of rotatable bonds is 7. The van der Waals surface area contributed by atoms with Gasteiger partial charge in [0.25, 0.3) is 0 Å². The number of hydrogen-bond acceptors (Lipinski definition) is 3. The van der Waals surface area contributed by atoms with Crippen molar-refractivity contribution in [3.05, 3.63) is 35.6 Å². The maximum absolute atomic E-state index is 12.9. The Kier molecular flexibility index (Phi) is 7.57. The third-order valence-corrected chi connectivity index (χ3v) is 4.70. The molecule has 1 aliphatic heterocycles. The van der Waals surface area contributed by atoms with Crippen LogP contribution in [0.25, 0.3) is 0 Å². The van der Waals surface area contributed by atoms with E-state index in [1.165, 1.54) is 12.1 Å². The van der Waals surface area contributed by atoms with Gasteiger partial charge in [-0.3, -0.25) is 9.59 Å². The highest BCUT2D eigenvalue weighted by Gasteiger charge is 2.31. The fourth-order valence-electron chi connectivity index (χ4n) is 3.11. The smallest absolute Gasteiger partial charge is 0.315 e. The van der Waals surface area contributed by atoms with E-state index in [0.29, 0.717) is 32.4 Å². The summed E-state index contributed by atoms with van der Waals surface area (Å²) in [5.74, 6) is -1.77. The minimum atomic E-state index is -0.828. The van der Waals surface area contributed by atoms with Crippen LogP contribution in [0.4, 0.5) is 9.18 Å². The predicted molar refractivity (Wildman–Crippen MR) is 97.4 cm³/mol. The maximum atomic E-state index is 12.9. The Labute approximate surface area is 157 Å². The summed E-state index contributed by atoms with van der Waals surface area (Å²) in [6.07, 6.45) is 2.08. The van der Waals surface area contributed by atoms with E-state index >= 15 is 0 Å². The van der Waals surface area contributed by atoms with Crippen LogP contribution in [-0.2, 0) is 16.1 Å². The average Bonchev–Trinajstić information content (AvgIpc) is 2.66. The van der Waals surface area contributed by atoms with E-state index in [1.54, 1.807) is 17.0 Å². The van der Waals surface area contributed by atoms with Gasteiger partial charge < -0.3 is 20.6 Å². The number of nitrogens with zero attached hydrogens (tertiary/aromatic N) is 1. The third kappa shape index (κ3) is 6.23. The summed E-state index contributed by atoms with van der Waals surface area (Å²) >= 11 is 0. The van der Waals surface area contributed by atoms with Crippen molar-refractivity contribution in [2.45, 2.75) is 45.2 Å². The fourth-order valence-corrected chi connectivity index (χ4v) is 3.11. The Bertz CT molecular complexity index is 657. The molecular weight excluding hydrogens is 353 g/mol. The van der Waals surface area contributed by atoms with Crippen LogP contribution >= 0.6 is 0 Å². The van der Waals surface area contributed by atoms with E-state index in [1.807, 2.05) is 6.92 Å². The van der Waals surface area contributed by atoms with Crippen molar-refractivity contribution in [1.82, 2.24) is 15.5 Å². The van der Waals surface area contributed by atoms with Crippen LogP contribution in [0.3, 0.4) is 0 Å². The number of carboxylic acid groups (broad SMARTS) is 1. The molecule has 0 aromatic heterocycles. The van der Waals surface area contributed by atoms with Gasteiger partial charge >= 0.3 is 12.0 Å². The van der Waals surface area contributed by atoms with Crippen LogP contribution in [0.1, 0.15) is 38.2 Å². The zero-order valence-electron chi connectivity index (χ0n) is 15.4. The third-order valence-electron chi connectivity index (χ3n) is 4.70. The Hall–Kier alpha value is -2.64. The molecule has 1 saturated heterocycles. The van der Waals surface area contributed by atoms with Crippen molar-refractivity contribution in [3.8, 4) is 0 Å². The van der Waals surface area contributed by atoms with Crippen molar-refractivity contribution >= 4 is 17.9 Å². The molecule has 1 unspecified atom stereocenters. The van der Waals surface area contributed by atoms with Crippen LogP contribution in [0.15, 0.2) is 24.3 Å². The zero-order chi connectivity index (χ0) is 19.8. The first kappa shape index (κ1) is 20.7. The summed E-state index contributed by atoms with van der Waals surface area (Å²) in [6, 6.07) is 4.68. The largest absolute Gasteiger partial charge is 0.481 e. The van der Waals surface area contributed by atoms with Crippen LogP contribution < -0.4 is 10.6 Å². The molecule has 1 fully saturated rings. The molecule has 3 N–H and O–H groups in total. The normalized spacial score (nSPS) is 15.9. The lowest BCUT2D eigenvalue weighted by molar-refractivity contribution is -0.146. The Morgan fingerprint density at radius 3 is 2.41 bits per heavy atom. The van der Waals surface area contributed by atoms with Gasteiger partial charge in [-0.15, -0.1) is 0 Å². The van der Waals surface area contributed by atoms with Gasteiger partial charge in [0.2, 0.25) is 5.91 Å². The number of urea groups is 1. The quantitative estimate of drug-likeness (QED) is 0.676. The molecule has 0 saturated carbocycles. The molecule has 0 aliphatic carbocycles. The number of carbonyl (C=O) groups excluding carboxylic acids is 2. The Morgan fingerprint density at radius 2 is 1.85 bits per heavy atom. The number of carbonyl (C=O) groups is 3.